The molecule has 10 heteroatoms. The summed E-state index contributed by atoms with van der Waals surface area (Å²) in [5.74, 6) is -2.12. The van der Waals surface area contributed by atoms with Gasteiger partial charge < -0.3 is 19.7 Å². The predicted octanol–water partition coefficient (Wildman–Crippen LogP) is 5.54. The van der Waals surface area contributed by atoms with E-state index in [4.69, 9.17) is 0 Å². The molecular weight excluding hydrogens is 463 g/mol. The van der Waals surface area contributed by atoms with Gasteiger partial charge in [-0.1, -0.05) is 18.2 Å². The fraction of sp³-hybridized carbons (Fsp3) is 0.320. The molecule has 7 nitrogen and oxygen atoms in total. The van der Waals surface area contributed by atoms with E-state index in [1.165, 1.54) is 24.3 Å². The van der Waals surface area contributed by atoms with Crippen molar-refractivity contribution in [2.45, 2.75) is 49.9 Å². The largest absolute Gasteiger partial charge is 0.573 e. The van der Waals surface area contributed by atoms with Crippen LogP contribution in [0.1, 0.15) is 54.1 Å². The number of para-hydroxylation sites is 1. The van der Waals surface area contributed by atoms with E-state index in [2.05, 4.69) is 15.0 Å². The predicted molar refractivity (Wildman–Crippen MR) is 120 cm³/mol. The number of alkyl halides is 3. The van der Waals surface area contributed by atoms with E-state index < -0.39 is 29.4 Å². The second-order valence-corrected chi connectivity index (χ2v) is 8.94. The van der Waals surface area contributed by atoms with Crippen LogP contribution in [0.25, 0.3) is 11.3 Å². The average Bonchev–Trinajstić information content (AvgIpc) is 3.44. The Kier molecular flexibility index (Phi) is 5.53. The highest BCUT2D eigenvalue weighted by Gasteiger charge is 2.53. The number of rotatable bonds is 7. The first-order valence-electron chi connectivity index (χ1n) is 11.2. The number of imidazole rings is 1. The maximum absolute atomic E-state index is 13.2. The molecule has 2 fully saturated rings. The summed E-state index contributed by atoms with van der Waals surface area (Å²) >= 11 is 0. The summed E-state index contributed by atoms with van der Waals surface area (Å²) in [4.78, 5) is 29.5. The lowest BCUT2D eigenvalue weighted by atomic mass is 9.93. The highest BCUT2D eigenvalue weighted by Crippen LogP contribution is 2.52. The molecule has 182 valence electrons. The van der Waals surface area contributed by atoms with E-state index in [-0.39, 0.29) is 16.8 Å². The molecule has 35 heavy (non-hydrogen) atoms. The van der Waals surface area contributed by atoms with Gasteiger partial charge in [0.25, 0.3) is 0 Å². The molecule has 1 heterocycles. The zero-order valence-corrected chi connectivity index (χ0v) is 18.5. The van der Waals surface area contributed by atoms with Crippen LogP contribution in [0.2, 0.25) is 0 Å². The fourth-order valence-corrected chi connectivity index (χ4v) is 4.45. The first kappa shape index (κ1) is 22.9. The number of amides is 1. The molecule has 2 aromatic carbocycles. The van der Waals surface area contributed by atoms with Gasteiger partial charge in [0.05, 0.1) is 23.0 Å². The Morgan fingerprint density at radius 3 is 2.51 bits per heavy atom. The number of aromatic carboxylic acids is 1. The average molecular weight is 485 g/mol. The molecule has 2 aliphatic carbocycles. The first-order valence-corrected chi connectivity index (χ1v) is 11.2. The summed E-state index contributed by atoms with van der Waals surface area (Å²) in [5, 5.41) is 12.5. The molecule has 0 saturated heterocycles. The number of hydrogen-bond donors (Lipinski definition) is 2. The summed E-state index contributed by atoms with van der Waals surface area (Å²) in [6, 6.07) is 10.4. The van der Waals surface area contributed by atoms with Crippen LogP contribution in [-0.4, -0.2) is 32.9 Å². The van der Waals surface area contributed by atoms with E-state index in [1.54, 1.807) is 24.5 Å². The van der Waals surface area contributed by atoms with Gasteiger partial charge in [0.1, 0.15) is 5.75 Å². The number of carboxylic acid groups (broad SMARTS) is 1. The number of carbonyl (C=O) groups is 2. The van der Waals surface area contributed by atoms with Crippen molar-refractivity contribution >= 4 is 17.6 Å². The van der Waals surface area contributed by atoms with Gasteiger partial charge in [-0.3, -0.25) is 4.79 Å². The van der Waals surface area contributed by atoms with Crippen molar-refractivity contribution in [1.82, 2.24) is 9.55 Å². The Morgan fingerprint density at radius 2 is 1.89 bits per heavy atom. The number of carbonyl (C=O) groups excluding carboxylic acids is 1. The van der Waals surface area contributed by atoms with Crippen LogP contribution >= 0.6 is 0 Å². The van der Waals surface area contributed by atoms with Gasteiger partial charge in [0.15, 0.2) is 0 Å². The summed E-state index contributed by atoms with van der Waals surface area (Å²) in [6.07, 6.45) is 2.59. The second-order valence-electron chi connectivity index (χ2n) is 8.94. The molecule has 1 aromatic heterocycles. The first-order chi connectivity index (χ1) is 16.7. The van der Waals surface area contributed by atoms with Crippen LogP contribution in [0.3, 0.4) is 0 Å². The molecule has 2 saturated carbocycles. The number of ether oxygens (including phenoxy) is 1. The van der Waals surface area contributed by atoms with Crippen molar-refractivity contribution in [3.05, 3.63) is 66.1 Å². The topological polar surface area (TPSA) is 93.5 Å². The molecule has 2 aliphatic rings. The van der Waals surface area contributed by atoms with Gasteiger partial charge in [-0.05, 0) is 56.4 Å². The minimum absolute atomic E-state index is 0.0349. The van der Waals surface area contributed by atoms with E-state index in [1.807, 2.05) is 10.8 Å². The number of anilines is 1. The zero-order chi connectivity index (χ0) is 24.8. The van der Waals surface area contributed by atoms with E-state index in [0.29, 0.717) is 30.1 Å². The van der Waals surface area contributed by atoms with Crippen LogP contribution in [0.4, 0.5) is 18.9 Å². The third-order valence-corrected chi connectivity index (χ3v) is 6.69. The van der Waals surface area contributed by atoms with Crippen LogP contribution in [0.15, 0.2) is 55.0 Å². The third kappa shape index (κ3) is 4.48. The van der Waals surface area contributed by atoms with Gasteiger partial charge in [-0.15, -0.1) is 13.2 Å². The summed E-state index contributed by atoms with van der Waals surface area (Å²) in [6.45, 7) is 0. The minimum Gasteiger partial charge on any atom is -0.478 e. The molecule has 2 N–H and O–H groups in total. The van der Waals surface area contributed by atoms with Crippen molar-refractivity contribution in [3.63, 3.8) is 0 Å². The molecule has 0 bridgehead atoms. The van der Waals surface area contributed by atoms with Gasteiger partial charge in [-0.2, -0.15) is 0 Å². The molecule has 0 radical (unpaired) electrons. The van der Waals surface area contributed by atoms with Crippen molar-refractivity contribution in [1.29, 1.82) is 0 Å². The molecule has 0 unspecified atom stereocenters. The van der Waals surface area contributed by atoms with Crippen molar-refractivity contribution in [2.24, 2.45) is 0 Å². The zero-order valence-electron chi connectivity index (χ0n) is 18.5. The van der Waals surface area contributed by atoms with Crippen molar-refractivity contribution in [3.8, 4) is 17.0 Å². The monoisotopic (exact) mass is 485 g/mol. The smallest absolute Gasteiger partial charge is 0.478 e. The third-order valence-electron chi connectivity index (χ3n) is 6.69. The summed E-state index contributed by atoms with van der Waals surface area (Å²) in [7, 11) is 0. The molecule has 0 aliphatic heterocycles. The van der Waals surface area contributed by atoms with Crippen LogP contribution in [-0.2, 0) is 10.2 Å². The summed E-state index contributed by atoms with van der Waals surface area (Å²) < 4.78 is 44.7. The quantitative estimate of drug-likeness (QED) is 0.458. The maximum atomic E-state index is 13.2. The number of aromatic nitrogens is 2. The molecule has 1 amide bonds. The fourth-order valence-electron chi connectivity index (χ4n) is 4.45. The number of hydrogen-bond acceptors (Lipinski definition) is 4. The lowest BCUT2D eigenvalue weighted by Gasteiger charge is -2.26. The molecular formula is C25H22F3N3O4. The van der Waals surface area contributed by atoms with Gasteiger partial charge in [0.2, 0.25) is 5.91 Å². The van der Waals surface area contributed by atoms with E-state index in [9.17, 15) is 27.9 Å². The van der Waals surface area contributed by atoms with Crippen LogP contribution in [0.5, 0.6) is 5.75 Å². The molecule has 0 atom stereocenters. The normalized spacial score (nSPS) is 16.9. The lowest BCUT2D eigenvalue weighted by molar-refractivity contribution is -0.275. The van der Waals surface area contributed by atoms with Crippen LogP contribution < -0.4 is 10.1 Å². The van der Waals surface area contributed by atoms with E-state index >= 15 is 0 Å². The van der Waals surface area contributed by atoms with Gasteiger partial charge in [0, 0.05) is 29.1 Å². The molecule has 3 aromatic rings. The number of benzene rings is 2. The number of halogens is 3. The Balaban J connectivity index is 1.40. The van der Waals surface area contributed by atoms with Crippen molar-refractivity contribution < 1.29 is 32.6 Å². The molecule has 0 spiro atoms. The Bertz CT molecular complexity index is 1290. The Morgan fingerprint density at radius 1 is 1.14 bits per heavy atom. The Hall–Kier alpha value is -3.82. The van der Waals surface area contributed by atoms with Gasteiger partial charge in [-0.25, -0.2) is 9.78 Å². The van der Waals surface area contributed by atoms with E-state index in [0.717, 1.165) is 19.3 Å². The number of nitrogens with one attached hydrogen (secondary N) is 1. The standard InChI is InChI=1S/C25H22F3N3O4/c26-25(27,28)35-21-7-2-1-6-19(21)24(10-11-24)23(34)30-15-8-9-17(18(12-15)22(32)33)20-13-31(14-29-20)16-4-3-5-16/h1-2,6-9,12-14,16H,3-5,10-11H2,(H,30,34)(H,32,33). The highest BCUT2D eigenvalue weighted by atomic mass is 19.4. The minimum atomic E-state index is -4.89. The van der Waals surface area contributed by atoms with Crippen molar-refractivity contribution in [2.75, 3.05) is 5.32 Å². The summed E-state index contributed by atoms with van der Waals surface area (Å²) in [5.41, 5.74) is 0.0994. The number of carboxylic acids is 1. The lowest BCUT2D eigenvalue weighted by Crippen LogP contribution is -2.29. The van der Waals surface area contributed by atoms with Gasteiger partial charge >= 0.3 is 12.3 Å². The SMILES string of the molecule is O=C(O)c1cc(NC(=O)C2(c3ccccc3OC(F)(F)F)CC2)ccc1-c1cn(C2CCC2)cn1. The molecule has 5 rings (SSSR count). The maximum Gasteiger partial charge on any atom is 0.573 e. The second kappa shape index (κ2) is 8.44. The Labute approximate surface area is 198 Å². The highest BCUT2D eigenvalue weighted by molar-refractivity contribution is 6.03. The van der Waals surface area contributed by atoms with Crippen LogP contribution in [0, 0.1) is 0 Å². The number of nitrogens with zero attached hydrogens (tertiary/aromatic N) is 2.